The summed E-state index contributed by atoms with van der Waals surface area (Å²) in [6.07, 6.45) is 8.36. The topological polar surface area (TPSA) is 73.1 Å². The first kappa shape index (κ1) is 11.4. The monoisotopic (exact) mass is 222 g/mol. The lowest BCUT2D eigenvalue weighted by molar-refractivity contribution is -0.0900. The molecule has 3 N–H and O–H groups in total. The number of hydrogen-bond acceptors (Lipinski definition) is 5. The molecule has 88 valence electrons. The highest BCUT2D eigenvalue weighted by Crippen LogP contribution is 2.35. The molecule has 0 spiro atoms. The van der Waals surface area contributed by atoms with Crippen LogP contribution in [0.1, 0.15) is 37.8 Å². The van der Waals surface area contributed by atoms with Gasteiger partial charge in [-0.05, 0) is 26.2 Å². The summed E-state index contributed by atoms with van der Waals surface area (Å²) in [5, 5.41) is 0. The van der Waals surface area contributed by atoms with Gasteiger partial charge in [-0.1, -0.05) is 0 Å². The highest BCUT2D eigenvalue weighted by atomic mass is 16.5. The number of ether oxygens (including phenoxy) is 1. The second-order valence-corrected chi connectivity index (χ2v) is 4.39. The fourth-order valence-electron chi connectivity index (χ4n) is 2.27. The van der Waals surface area contributed by atoms with Gasteiger partial charge >= 0.3 is 0 Å². The van der Waals surface area contributed by atoms with E-state index in [1.807, 2.05) is 0 Å². The average Bonchev–Trinajstić information content (AvgIpc) is 2.32. The van der Waals surface area contributed by atoms with Gasteiger partial charge < -0.3 is 4.74 Å². The van der Waals surface area contributed by atoms with Gasteiger partial charge in [-0.2, -0.15) is 0 Å². The Morgan fingerprint density at radius 2 is 2.19 bits per heavy atom. The second kappa shape index (κ2) is 4.86. The molecule has 5 heteroatoms. The molecule has 2 atom stereocenters. The van der Waals surface area contributed by atoms with Crippen LogP contribution < -0.4 is 11.3 Å². The molecule has 0 aromatic carbocycles. The molecule has 2 unspecified atom stereocenters. The lowest BCUT2D eigenvalue weighted by Gasteiger charge is -2.40. The van der Waals surface area contributed by atoms with E-state index < -0.39 is 0 Å². The van der Waals surface area contributed by atoms with Gasteiger partial charge in [-0.15, -0.1) is 0 Å². The van der Waals surface area contributed by atoms with Gasteiger partial charge in [0.05, 0.1) is 11.6 Å². The molecular weight excluding hydrogens is 204 g/mol. The summed E-state index contributed by atoms with van der Waals surface area (Å²) in [6, 6.07) is -0.0611. The number of rotatable bonds is 3. The van der Waals surface area contributed by atoms with Crippen molar-refractivity contribution in [2.75, 3.05) is 6.61 Å². The SMILES string of the molecule is CC1(C(NN)c2cncnc2)CCCCO1. The molecule has 1 fully saturated rings. The quantitative estimate of drug-likeness (QED) is 0.588. The minimum atomic E-state index is -0.266. The summed E-state index contributed by atoms with van der Waals surface area (Å²) in [7, 11) is 0. The van der Waals surface area contributed by atoms with Crippen molar-refractivity contribution < 1.29 is 4.74 Å². The summed E-state index contributed by atoms with van der Waals surface area (Å²) in [5.41, 5.74) is 3.52. The van der Waals surface area contributed by atoms with E-state index in [0.717, 1.165) is 25.0 Å². The molecule has 1 aromatic heterocycles. The van der Waals surface area contributed by atoms with Crippen LogP contribution >= 0.6 is 0 Å². The minimum Gasteiger partial charge on any atom is -0.373 e. The van der Waals surface area contributed by atoms with E-state index in [1.54, 1.807) is 12.4 Å². The van der Waals surface area contributed by atoms with Crippen molar-refractivity contribution in [3.05, 3.63) is 24.3 Å². The Labute approximate surface area is 95.4 Å². The summed E-state index contributed by atoms with van der Waals surface area (Å²) in [5.74, 6) is 5.64. The fourth-order valence-corrected chi connectivity index (χ4v) is 2.27. The maximum Gasteiger partial charge on any atom is 0.115 e. The van der Waals surface area contributed by atoms with Crippen LogP contribution in [-0.4, -0.2) is 22.2 Å². The zero-order chi connectivity index (χ0) is 11.4. The van der Waals surface area contributed by atoms with Crippen molar-refractivity contribution in [2.24, 2.45) is 5.84 Å². The van der Waals surface area contributed by atoms with Crippen molar-refractivity contribution >= 4 is 0 Å². The Morgan fingerprint density at radius 3 is 2.75 bits per heavy atom. The van der Waals surface area contributed by atoms with Crippen LogP contribution in [0.5, 0.6) is 0 Å². The zero-order valence-electron chi connectivity index (χ0n) is 9.52. The van der Waals surface area contributed by atoms with Crippen LogP contribution in [0.25, 0.3) is 0 Å². The van der Waals surface area contributed by atoms with Crippen LogP contribution in [0.15, 0.2) is 18.7 Å². The van der Waals surface area contributed by atoms with Crippen molar-refractivity contribution in [1.29, 1.82) is 0 Å². The number of hydrogen-bond donors (Lipinski definition) is 2. The molecule has 2 rings (SSSR count). The number of hydrazine groups is 1. The van der Waals surface area contributed by atoms with Gasteiger partial charge in [-0.25, -0.2) is 15.4 Å². The first-order valence-corrected chi connectivity index (χ1v) is 5.61. The maximum absolute atomic E-state index is 5.87. The Balaban J connectivity index is 2.21. The molecule has 0 bridgehead atoms. The summed E-state index contributed by atoms with van der Waals surface area (Å²) >= 11 is 0. The van der Waals surface area contributed by atoms with Crippen LogP contribution in [0.4, 0.5) is 0 Å². The van der Waals surface area contributed by atoms with Crippen molar-refractivity contribution in [3.8, 4) is 0 Å². The summed E-state index contributed by atoms with van der Waals surface area (Å²) in [4.78, 5) is 8.03. The molecular formula is C11H18N4O. The second-order valence-electron chi connectivity index (χ2n) is 4.39. The van der Waals surface area contributed by atoms with E-state index in [2.05, 4.69) is 22.3 Å². The van der Waals surface area contributed by atoms with Gasteiger partial charge in [0, 0.05) is 24.6 Å². The molecule has 0 radical (unpaired) electrons. The first-order valence-electron chi connectivity index (χ1n) is 5.61. The largest absolute Gasteiger partial charge is 0.373 e. The molecule has 1 aliphatic heterocycles. The Kier molecular flexibility index (Phi) is 3.48. The van der Waals surface area contributed by atoms with E-state index in [4.69, 9.17) is 10.6 Å². The Morgan fingerprint density at radius 1 is 1.44 bits per heavy atom. The molecule has 1 aliphatic rings. The van der Waals surface area contributed by atoms with Crippen LogP contribution in [-0.2, 0) is 4.74 Å². The fraction of sp³-hybridized carbons (Fsp3) is 0.636. The van der Waals surface area contributed by atoms with Crippen molar-refractivity contribution in [3.63, 3.8) is 0 Å². The van der Waals surface area contributed by atoms with E-state index in [9.17, 15) is 0 Å². The van der Waals surface area contributed by atoms with Gasteiger partial charge in [-0.3, -0.25) is 5.84 Å². The highest BCUT2D eigenvalue weighted by molar-refractivity contribution is 5.14. The first-order chi connectivity index (χ1) is 7.76. The van der Waals surface area contributed by atoms with Gasteiger partial charge in [0.15, 0.2) is 0 Å². The lowest BCUT2D eigenvalue weighted by atomic mass is 9.85. The number of nitrogens with one attached hydrogen (secondary N) is 1. The zero-order valence-corrected chi connectivity index (χ0v) is 9.52. The third-order valence-corrected chi connectivity index (χ3v) is 3.19. The standard InChI is InChI=1S/C11H18N4O/c1-11(4-2-3-5-16-11)10(15-12)9-6-13-8-14-7-9/h6-8,10,15H,2-5,12H2,1H3. The predicted molar refractivity (Wildman–Crippen MR) is 60.3 cm³/mol. The third-order valence-electron chi connectivity index (χ3n) is 3.19. The van der Waals surface area contributed by atoms with E-state index in [-0.39, 0.29) is 11.6 Å². The van der Waals surface area contributed by atoms with Gasteiger partial charge in [0.2, 0.25) is 0 Å². The number of nitrogens with zero attached hydrogens (tertiary/aromatic N) is 2. The molecule has 2 heterocycles. The minimum absolute atomic E-state index is 0.0611. The normalized spacial score (nSPS) is 27.6. The molecule has 1 saturated heterocycles. The number of nitrogens with two attached hydrogens (primary N) is 1. The smallest absolute Gasteiger partial charge is 0.115 e. The van der Waals surface area contributed by atoms with Crippen LogP contribution in [0, 0.1) is 0 Å². The summed E-state index contributed by atoms with van der Waals surface area (Å²) in [6.45, 7) is 2.88. The van der Waals surface area contributed by atoms with Gasteiger partial charge in [0.25, 0.3) is 0 Å². The van der Waals surface area contributed by atoms with Gasteiger partial charge in [0.1, 0.15) is 6.33 Å². The van der Waals surface area contributed by atoms with Crippen molar-refractivity contribution in [2.45, 2.75) is 37.8 Å². The predicted octanol–water partition coefficient (Wildman–Crippen LogP) is 0.940. The van der Waals surface area contributed by atoms with Crippen LogP contribution in [0.2, 0.25) is 0 Å². The molecule has 0 saturated carbocycles. The molecule has 1 aromatic rings. The maximum atomic E-state index is 5.87. The Hall–Kier alpha value is -1.04. The number of aromatic nitrogens is 2. The average molecular weight is 222 g/mol. The van der Waals surface area contributed by atoms with E-state index in [0.29, 0.717) is 0 Å². The van der Waals surface area contributed by atoms with E-state index >= 15 is 0 Å². The lowest BCUT2D eigenvalue weighted by Crippen LogP contribution is -2.48. The van der Waals surface area contributed by atoms with E-state index in [1.165, 1.54) is 12.7 Å². The van der Waals surface area contributed by atoms with Crippen molar-refractivity contribution in [1.82, 2.24) is 15.4 Å². The van der Waals surface area contributed by atoms with Crippen LogP contribution in [0.3, 0.4) is 0 Å². The highest BCUT2D eigenvalue weighted by Gasteiger charge is 2.37. The third kappa shape index (κ3) is 2.21. The molecule has 16 heavy (non-hydrogen) atoms. The molecule has 0 aliphatic carbocycles. The Bertz CT molecular complexity index is 324. The molecule has 0 amide bonds. The summed E-state index contributed by atoms with van der Waals surface area (Å²) < 4.78 is 5.87. The molecule has 5 nitrogen and oxygen atoms in total.